The Balaban J connectivity index is 1.66. The van der Waals surface area contributed by atoms with Crippen LogP contribution in [0.4, 0.5) is 5.69 Å². The van der Waals surface area contributed by atoms with Crippen molar-refractivity contribution in [2.45, 2.75) is 19.4 Å². The summed E-state index contributed by atoms with van der Waals surface area (Å²) >= 11 is 12.6. The third-order valence-corrected chi connectivity index (χ3v) is 5.86. The van der Waals surface area contributed by atoms with Crippen LogP contribution in [0.25, 0.3) is 0 Å². The molecule has 0 aromatic heterocycles. The highest BCUT2D eigenvalue weighted by molar-refractivity contribution is 6.35. The molecule has 2 amide bonds. The third kappa shape index (κ3) is 5.63. The average Bonchev–Trinajstić information content (AvgIpc) is 2.75. The zero-order chi connectivity index (χ0) is 21.5. The molecule has 0 saturated carbocycles. The van der Waals surface area contributed by atoms with Crippen molar-refractivity contribution in [2.24, 2.45) is 5.92 Å². The molecule has 1 fully saturated rings. The summed E-state index contributed by atoms with van der Waals surface area (Å²) in [6.45, 7) is 6.06. The molecule has 1 heterocycles. The summed E-state index contributed by atoms with van der Waals surface area (Å²) in [5, 5.41) is 6.95. The van der Waals surface area contributed by atoms with Crippen LogP contribution in [0.5, 0.6) is 0 Å². The van der Waals surface area contributed by atoms with Crippen LogP contribution in [0.3, 0.4) is 0 Å². The molecule has 0 aliphatic carbocycles. The Kier molecular flexibility index (Phi) is 7.91. The van der Waals surface area contributed by atoms with Gasteiger partial charge >= 0.3 is 0 Å². The predicted molar refractivity (Wildman–Crippen MR) is 122 cm³/mol. The number of para-hydroxylation sites is 1. The van der Waals surface area contributed by atoms with Crippen LogP contribution in [0.2, 0.25) is 10.0 Å². The van der Waals surface area contributed by atoms with Crippen LogP contribution in [-0.4, -0.2) is 36.3 Å². The number of carbonyl (C=O) groups is 2. The molecule has 1 saturated heterocycles. The second kappa shape index (κ2) is 10.6. The van der Waals surface area contributed by atoms with Gasteiger partial charge in [-0.05, 0) is 43.7 Å². The SMILES string of the molecule is C=CCNC(=O)c1ccccc1NC(=O)C1CCCN(Cc2c(Cl)cccc2Cl)C1. The molecule has 2 aromatic carbocycles. The van der Waals surface area contributed by atoms with Crippen molar-refractivity contribution in [3.8, 4) is 0 Å². The van der Waals surface area contributed by atoms with E-state index in [-0.39, 0.29) is 17.7 Å². The fourth-order valence-electron chi connectivity index (χ4n) is 3.61. The number of likely N-dealkylation sites (tertiary alicyclic amines) is 1. The standard InChI is InChI=1S/C23H25Cl2N3O2/c1-2-12-26-23(30)17-8-3-4-11-21(17)27-22(29)16-7-6-13-28(14-16)15-18-19(24)9-5-10-20(18)25/h2-5,8-11,16H,1,6-7,12-15H2,(H,26,30)(H,27,29). The van der Waals surface area contributed by atoms with E-state index in [4.69, 9.17) is 23.2 Å². The van der Waals surface area contributed by atoms with Gasteiger partial charge in [-0.15, -0.1) is 6.58 Å². The van der Waals surface area contributed by atoms with Crippen LogP contribution < -0.4 is 10.6 Å². The average molecular weight is 446 g/mol. The van der Waals surface area contributed by atoms with E-state index in [1.807, 2.05) is 18.2 Å². The van der Waals surface area contributed by atoms with E-state index in [2.05, 4.69) is 22.1 Å². The molecule has 0 bridgehead atoms. The first kappa shape index (κ1) is 22.3. The summed E-state index contributed by atoms with van der Waals surface area (Å²) in [6.07, 6.45) is 3.31. The summed E-state index contributed by atoms with van der Waals surface area (Å²) in [6, 6.07) is 12.5. The van der Waals surface area contributed by atoms with Gasteiger partial charge in [0, 0.05) is 35.2 Å². The van der Waals surface area contributed by atoms with E-state index in [1.54, 1.807) is 30.3 Å². The van der Waals surface area contributed by atoms with Gasteiger partial charge in [-0.2, -0.15) is 0 Å². The van der Waals surface area contributed by atoms with E-state index in [0.717, 1.165) is 24.9 Å². The van der Waals surface area contributed by atoms with Crippen molar-refractivity contribution in [3.63, 3.8) is 0 Å². The van der Waals surface area contributed by atoms with E-state index in [9.17, 15) is 9.59 Å². The number of carbonyl (C=O) groups excluding carboxylic acids is 2. The molecule has 158 valence electrons. The summed E-state index contributed by atoms with van der Waals surface area (Å²) < 4.78 is 0. The first-order valence-corrected chi connectivity index (χ1v) is 10.7. The Morgan fingerprint density at radius 2 is 1.87 bits per heavy atom. The lowest BCUT2D eigenvalue weighted by molar-refractivity contribution is -0.121. The van der Waals surface area contributed by atoms with Crippen molar-refractivity contribution in [1.29, 1.82) is 0 Å². The van der Waals surface area contributed by atoms with Crippen LogP contribution in [0.1, 0.15) is 28.8 Å². The summed E-state index contributed by atoms with van der Waals surface area (Å²) in [7, 11) is 0. The first-order chi connectivity index (χ1) is 14.5. The van der Waals surface area contributed by atoms with E-state index < -0.39 is 0 Å². The van der Waals surface area contributed by atoms with Crippen LogP contribution >= 0.6 is 23.2 Å². The van der Waals surface area contributed by atoms with E-state index in [0.29, 0.717) is 40.9 Å². The van der Waals surface area contributed by atoms with Gasteiger partial charge in [0.25, 0.3) is 5.91 Å². The van der Waals surface area contributed by atoms with Gasteiger partial charge < -0.3 is 10.6 Å². The summed E-state index contributed by atoms with van der Waals surface area (Å²) in [5.41, 5.74) is 1.82. The zero-order valence-corrected chi connectivity index (χ0v) is 18.2. The number of hydrogen-bond acceptors (Lipinski definition) is 3. The highest BCUT2D eigenvalue weighted by Crippen LogP contribution is 2.28. The molecular weight excluding hydrogens is 421 g/mol. The van der Waals surface area contributed by atoms with E-state index in [1.165, 1.54) is 0 Å². The minimum absolute atomic E-state index is 0.0890. The fourth-order valence-corrected chi connectivity index (χ4v) is 4.12. The molecule has 1 aliphatic heterocycles. The Morgan fingerprint density at radius 3 is 2.60 bits per heavy atom. The second-order valence-electron chi connectivity index (χ2n) is 7.31. The highest BCUT2D eigenvalue weighted by atomic mass is 35.5. The number of anilines is 1. The second-order valence-corrected chi connectivity index (χ2v) is 8.12. The normalized spacial score (nSPS) is 16.7. The monoisotopic (exact) mass is 445 g/mol. The lowest BCUT2D eigenvalue weighted by atomic mass is 9.96. The van der Waals surface area contributed by atoms with Crippen molar-refractivity contribution in [3.05, 3.63) is 76.3 Å². The van der Waals surface area contributed by atoms with Gasteiger partial charge in [0.05, 0.1) is 17.2 Å². The lowest BCUT2D eigenvalue weighted by Gasteiger charge is -2.32. The van der Waals surface area contributed by atoms with Gasteiger partial charge in [0.15, 0.2) is 0 Å². The predicted octanol–water partition coefficient (Wildman–Crippen LogP) is 4.76. The molecule has 5 nitrogen and oxygen atoms in total. The highest BCUT2D eigenvalue weighted by Gasteiger charge is 2.27. The molecular formula is C23H25Cl2N3O2. The minimum Gasteiger partial charge on any atom is -0.349 e. The number of nitrogens with zero attached hydrogens (tertiary/aromatic N) is 1. The molecule has 1 aliphatic rings. The number of amides is 2. The molecule has 2 N–H and O–H groups in total. The molecule has 30 heavy (non-hydrogen) atoms. The summed E-state index contributed by atoms with van der Waals surface area (Å²) in [5.74, 6) is -0.511. The van der Waals surface area contributed by atoms with Gasteiger partial charge in [0.1, 0.15) is 0 Å². The topological polar surface area (TPSA) is 61.4 Å². The lowest BCUT2D eigenvalue weighted by Crippen LogP contribution is -2.40. The maximum atomic E-state index is 13.0. The van der Waals surface area contributed by atoms with Gasteiger partial charge in [-0.1, -0.05) is 47.5 Å². The fraction of sp³-hybridized carbons (Fsp3) is 0.304. The Morgan fingerprint density at radius 1 is 1.13 bits per heavy atom. The molecule has 3 rings (SSSR count). The largest absolute Gasteiger partial charge is 0.349 e. The Hall–Kier alpha value is -2.34. The van der Waals surface area contributed by atoms with Crippen LogP contribution in [0, 0.1) is 5.92 Å². The van der Waals surface area contributed by atoms with Crippen molar-refractivity contribution >= 4 is 40.7 Å². The molecule has 0 radical (unpaired) electrons. The maximum Gasteiger partial charge on any atom is 0.253 e. The van der Waals surface area contributed by atoms with E-state index >= 15 is 0 Å². The van der Waals surface area contributed by atoms with Crippen molar-refractivity contribution in [1.82, 2.24) is 10.2 Å². The number of benzene rings is 2. The van der Waals surface area contributed by atoms with Crippen LogP contribution in [0.15, 0.2) is 55.1 Å². The number of hydrogen-bond donors (Lipinski definition) is 2. The van der Waals surface area contributed by atoms with Crippen LogP contribution in [-0.2, 0) is 11.3 Å². The minimum atomic E-state index is -0.246. The van der Waals surface area contributed by atoms with Crippen molar-refractivity contribution < 1.29 is 9.59 Å². The Labute approximate surface area is 187 Å². The zero-order valence-electron chi connectivity index (χ0n) is 16.7. The number of piperidine rings is 1. The molecule has 7 heteroatoms. The molecule has 0 spiro atoms. The summed E-state index contributed by atoms with van der Waals surface area (Å²) in [4.78, 5) is 27.5. The number of nitrogens with one attached hydrogen (secondary N) is 2. The van der Waals surface area contributed by atoms with Gasteiger partial charge in [-0.3, -0.25) is 14.5 Å². The maximum absolute atomic E-state index is 13.0. The van der Waals surface area contributed by atoms with Gasteiger partial charge in [0.2, 0.25) is 5.91 Å². The molecule has 1 unspecified atom stereocenters. The third-order valence-electron chi connectivity index (χ3n) is 5.16. The van der Waals surface area contributed by atoms with Crippen molar-refractivity contribution in [2.75, 3.05) is 25.0 Å². The molecule has 2 aromatic rings. The van der Waals surface area contributed by atoms with Gasteiger partial charge in [-0.25, -0.2) is 0 Å². The first-order valence-electron chi connectivity index (χ1n) is 9.94. The Bertz CT molecular complexity index is 912. The quantitative estimate of drug-likeness (QED) is 0.603. The smallest absolute Gasteiger partial charge is 0.253 e. The molecule has 1 atom stereocenters. The number of rotatable bonds is 7. The number of halogens is 2.